The highest BCUT2D eigenvalue weighted by Crippen LogP contribution is 2.27. The number of hydrogen-bond acceptors (Lipinski definition) is 8. The highest BCUT2D eigenvalue weighted by atomic mass is 32.1. The van der Waals surface area contributed by atoms with Crippen LogP contribution in [-0.2, 0) is 22.6 Å². The minimum absolute atomic E-state index is 0.236. The van der Waals surface area contributed by atoms with Gasteiger partial charge < -0.3 is 19.6 Å². The highest BCUT2D eigenvalue weighted by Gasteiger charge is 2.21. The van der Waals surface area contributed by atoms with Gasteiger partial charge in [0, 0.05) is 19.7 Å². The first-order valence-corrected chi connectivity index (χ1v) is 12.3. The fraction of sp³-hybridized carbons (Fsp3) is 0.480. The lowest BCUT2D eigenvalue weighted by Crippen LogP contribution is -2.35. The Balaban J connectivity index is 1.83. The van der Waals surface area contributed by atoms with E-state index in [1.54, 1.807) is 13.8 Å². The Bertz CT molecular complexity index is 1140. The molecule has 0 bridgehead atoms. The summed E-state index contributed by atoms with van der Waals surface area (Å²) in [6.07, 6.45) is -0.683. The molecule has 8 nitrogen and oxygen atoms in total. The standard InChI is InChI=1S/C25H33N3O5S/c1-5-33-25(31)22-17(4)21-23(30)26-20(27-24(21)34-22)13-28(11-18-9-7-6-8-10-18)12-19(29)15-32-14-16(2)3/h6-10,16,19,29H,5,11-15H2,1-4H3,(H,26,27,30)/t19-/m0/s1. The largest absolute Gasteiger partial charge is 0.462 e. The van der Waals surface area contributed by atoms with Crippen LogP contribution in [0.15, 0.2) is 35.1 Å². The van der Waals surface area contributed by atoms with Gasteiger partial charge in [-0.2, -0.15) is 0 Å². The second kappa shape index (κ2) is 12.2. The van der Waals surface area contributed by atoms with E-state index in [1.165, 1.54) is 11.3 Å². The fourth-order valence-electron chi connectivity index (χ4n) is 3.68. The molecule has 2 heterocycles. The molecule has 34 heavy (non-hydrogen) atoms. The lowest BCUT2D eigenvalue weighted by molar-refractivity contribution is 0.00517. The van der Waals surface area contributed by atoms with Gasteiger partial charge in [-0.1, -0.05) is 44.2 Å². The number of esters is 1. The number of nitrogens with one attached hydrogen (secondary N) is 1. The van der Waals surface area contributed by atoms with Gasteiger partial charge in [-0.25, -0.2) is 9.78 Å². The number of carbonyl (C=O) groups excluding carboxylic acids is 1. The zero-order chi connectivity index (χ0) is 24.7. The number of aromatic amines is 1. The Morgan fingerprint density at radius 1 is 1.21 bits per heavy atom. The van der Waals surface area contributed by atoms with Gasteiger partial charge in [0.05, 0.1) is 31.2 Å². The smallest absolute Gasteiger partial charge is 0.348 e. The molecule has 0 fully saturated rings. The zero-order valence-corrected chi connectivity index (χ0v) is 21.0. The molecule has 1 aromatic carbocycles. The van der Waals surface area contributed by atoms with E-state index in [0.717, 1.165) is 5.56 Å². The lowest BCUT2D eigenvalue weighted by atomic mass is 10.2. The van der Waals surface area contributed by atoms with Crippen LogP contribution in [0.4, 0.5) is 0 Å². The first kappa shape index (κ1) is 26.0. The molecule has 0 unspecified atom stereocenters. The van der Waals surface area contributed by atoms with Crippen LogP contribution in [0.2, 0.25) is 0 Å². The summed E-state index contributed by atoms with van der Waals surface area (Å²) in [5.41, 5.74) is 1.38. The number of benzene rings is 1. The number of carbonyl (C=O) groups is 1. The summed E-state index contributed by atoms with van der Waals surface area (Å²) in [5, 5.41) is 11.0. The van der Waals surface area contributed by atoms with Crippen molar-refractivity contribution >= 4 is 27.5 Å². The van der Waals surface area contributed by atoms with Crippen molar-refractivity contribution in [3.8, 4) is 0 Å². The molecule has 3 aromatic rings. The molecule has 0 aliphatic heterocycles. The van der Waals surface area contributed by atoms with Crippen molar-refractivity contribution < 1.29 is 19.4 Å². The van der Waals surface area contributed by atoms with Crippen LogP contribution in [0.3, 0.4) is 0 Å². The van der Waals surface area contributed by atoms with Crippen molar-refractivity contribution in [3.63, 3.8) is 0 Å². The van der Waals surface area contributed by atoms with Crippen LogP contribution >= 0.6 is 11.3 Å². The Labute approximate surface area is 203 Å². The van der Waals surface area contributed by atoms with E-state index >= 15 is 0 Å². The summed E-state index contributed by atoms with van der Waals surface area (Å²) in [4.78, 5) is 35.5. The third-order valence-corrected chi connectivity index (χ3v) is 6.33. The molecule has 9 heteroatoms. The normalized spacial score (nSPS) is 12.6. The van der Waals surface area contributed by atoms with Crippen molar-refractivity contribution in [1.29, 1.82) is 0 Å². The quantitative estimate of drug-likeness (QED) is 0.377. The Morgan fingerprint density at radius 2 is 1.94 bits per heavy atom. The molecule has 0 saturated heterocycles. The number of nitrogens with zero attached hydrogens (tertiary/aromatic N) is 2. The predicted octanol–water partition coefficient (Wildman–Crippen LogP) is 3.51. The van der Waals surface area contributed by atoms with Crippen molar-refractivity contribution in [2.75, 3.05) is 26.4 Å². The average Bonchev–Trinajstić information content (AvgIpc) is 3.11. The second-order valence-electron chi connectivity index (χ2n) is 8.71. The average molecular weight is 488 g/mol. The Hall–Kier alpha value is -2.59. The first-order valence-electron chi connectivity index (χ1n) is 11.5. The number of hydrogen-bond donors (Lipinski definition) is 2. The third kappa shape index (κ3) is 6.96. The summed E-state index contributed by atoms with van der Waals surface area (Å²) in [6.45, 7) is 9.93. The van der Waals surface area contributed by atoms with Crippen molar-refractivity contribution in [3.05, 3.63) is 62.5 Å². The molecule has 0 aliphatic carbocycles. The number of aliphatic hydroxyl groups is 1. The second-order valence-corrected chi connectivity index (χ2v) is 9.71. The van der Waals surface area contributed by atoms with E-state index in [2.05, 4.69) is 23.8 Å². The summed E-state index contributed by atoms with van der Waals surface area (Å²) >= 11 is 1.17. The lowest BCUT2D eigenvalue weighted by Gasteiger charge is -2.25. The van der Waals surface area contributed by atoms with Gasteiger partial charge in [0.25, 0.3) is 5.56 Å². The number of rotatable bonds is 12. The number of aromatic nitrogens is 2. The van der Waals surface area contributed by atoms with Crippen LogP contribution in [-0.4, -0.2) is 58.4 Å². The maximum absolute atomic E-state index is 12.9. The fourth-order valence-corrected chi connectivity index (χ4v) is 4.78. The highest BCUT2D eigenvalue weighted by molar-refractivity contribution is 7.20. The number of aliphatic hydroxyl groups excluding tert-OH is 1. The first-order chi connectivity index (χ1) is 16.3. The van der Waals surface area contributed by atoms with Crippen LogP contribution in [0.5, 0.6) is 0 Å². The molecule has 0 aliphatic rings. The number of aryl methyl sites for hydroxylation is 1. The monoisotopic (exact) mass is 487 g/mol. The Morgan fingerprint density at radius 3 is 2.62 bits per heavy atom. The topological polar surface area (TPSA) is 105 Å². The summed E-state index contributed by atoms with van der Waals surface area (Å²) in [7, 11) is 0. The van der Waals surface area contributed by atoms with Gasteiger partial charge >= 0.3 is 5.97 Å². The summed E-state index contributed by atoms with van der Waals surface area (Å²) in [5.74, 6) is 0.418. The molecule has 0 radical (unpaired) electrons. The molecule has 2 N–H and O–H groups in total. The van der Waals surface area contributed by atoms with Gasteiger partial charge in [-0.15, -0.1) is 11.3 Å². The van der Waals surface area contributed by atoms with Crippen LogP contribution < -0.4 is 5.56 Å². The van der Waals surface area contributed by atoms with Gasteiger partial charge in [0.1, 0.15) is 15.5 Å². The van der Waals surface area contributed by atoms with E-state index in [4.69, 9.17) is 9.47 Å². The molecule has 0 saturated carbocycles. The third-order valence-electron chi connectivity index (χ3n) is 5.16. The van der Waals surface area contributed by atoms with E-state index in [-0.39, 0.29) is 18.8 Å². The summed E-state index contributed by atoms with van der Waals surface area (Å²) < 4.78 is 10.7. The van der Waals surface area contributed by atoms with Crippen LogP contribution in [0.25, 0.3) is 10.2 Å². The van der Waals surface area contributed by atoms with Crippen molar-refractivity contribution in [2.45, 2.75) is 46.9 Å². The maximum Gasteiger partial charge on any atom is 0.348 e. The van der Waals surface area contributed by atoms with Crippen LogP contribution in [0.1, 0.15) is 47.4 Å². The predicted molar refractivity (Wildman–Crippen MR) is 133 cm³/mol. The van der Waals surface area contributed by atoms with Crippen molar-refractivity contribution in [1.82, 2.24) is 14.9 Å². The minimum Gasteiger partial charge on any atom is -0.462 e. The van der Waals surface area contributed by atoms with E-state index in [9.17, 15) is 14.7 Å². The van der Waals surface area contributed by atoms with Gasteiger partial charge in [-0.3, -0.25) is 9.69 Å². The van der Waals surface area contributed by atoms with Gasteiger partial charge in [0.15, 0.2) is 0 Å². The minimum atomic E-state index is -0.683. The molecular weight excluding hydrogens is 454 g/mol. The van der Waals surface area contributed by atoms with E-state index < -0.39 is 12.1 Å². The van der Waals surface area contributed by atoms with Gasteiger partial charge in [0.2, 0.25) is 0 Å². The SMILES string of the molecule is CCOC(=O)c1sc2nc(CN(Cc3ccccc3)C[C@H](O)COCC(C)C)[nH]c(=O)c2c1C. The number of ether oxygens (including phenoxy) is 2. The molecule has 184 valence electrons. The number of thiophene rings is 1. The molecule has 1 atom stereocenters. The summed E-state index contributed by atoms with van der Waals surface area (Å²) in [6, 6.07) is 9.92. The molecule has 2 aromatic heterocycles. The molecular formula is C25H33N3O5S. The molecule has 0 spiro atoms. The zero-order valence-electron chi connectivity index (χ0n) is 20.2. The van der Waals surface area contributed by atoms with E-state index in [1.807, 2.05) is 35.2 Å². The Kier molecular flexibility index (Phi) is 9.35. The van der Waals surface area contributed by atoms with Crippen molar-refractivity contribution in [2.24, 2.45) is 5.92 Å². The number of fused-ring (bicyclic) bond motifs is 1. The van der Waals surface area contributed by atoms with Gasteiger partial charge in [-0.05, 0) is 30.9 Å². The van der Waals surface area contributed by atoms with E-state index in [0.29, 0.717) is 58.6 Å². The maximum atomic E-state index is 12.9. The molecule has 3 rings (SSSR count). The van der Waals surface area contributed by atoms with Crippen LogP contribution in [0, 0.1) is 12.8 Å². The molecule has 0 amide bonds. The number of H-pyrrole nitrogens is 1.